The molecule has 7 nitrogen and oxygen atoms in total. The van der Waals surface area contributed by atoms with Gasteiger partial charge in [-0.25, -0.2) is 0 Å². The van der Waals surface area contributed by atoms with Crippen LogP contribution in [-0.4, -0.2) is 52.6 Å². The van der Waals surface area contributed by atoms with Crippen LogP contribution in [0, 0.1) is 0 Å². The van der Waals surface area contributed by atoms with Gasteiger partial charge < -0.3 is 18.9 Å². The highest BCUT2D eigenvalue weighted by Crippen LogP contribution is 2.25. The molecule has 1 heterocycles. The molecule has 8 heteroatoms. The number of methoxy groups -OCH3 is 2. The average molecular weight is 413 g/mol. The first-order chi connectivity index (χ1) is 14.0. The molecule has 0 atom stereocenters. The number of ether oxygens (including phenoxy) is 2. The number of rotatable bonds is 8. The van der Waals surface area contributed by atoms with Gasteiger partial charge in [-0.2, -0.15) is 0 Å². The topological polar surface area (TPSA) is 69.5 Å². The van der Waals surface area contributed by atoms with E-state index < -0.39 is 0 Å². The zero-order chi connectivity index (χ0) is 20.8. The van der Waals surface area contributed by atoms with Crippen LogP contribution < -0.4 is 9.47 Å². The van der Waals surface area contributed by atoms with Crippen LogP contribution in [0.2, 0.25) is 0 Å². The summed E-state index contributed by atoms with van der Waals surface area (Å²) in [6.07, 6.45) is 0. The van der Waals surface area contributed by atoms with Crippen molar-refractivity contribution in [1.82, 2.24) is 19.7 Å². The number of carbonyl (C=O) groups excluding carboxylic acids is 1. The van der Waals surface area contributed by atoms with Crippen molar-refractivity contribution in [2.75, 3.05) is 27.0 Å². The Bertz CT molecular complexity index is 972. The first-order valence-corrected chi connectivity index (χ1v) is 10.0. The van der Waals surface area contributed by atoms with Crippen LogP contribution in [0.3, 0.4) is 0 Å². The lowest BCUT2D eigenvalue weighted by Gasteiger charge is -2.18. The predicted octanol–water partition coefficient (Wildman–Crippen LogP) is 3.25. The number of amides is 1. The van der Waals surface area contributed by atoms with Gasteiger partial charge in [-0.3, -0.25) is 4.79 Å². The number of hydrogen-bond donors (Lipinski definition) is 0. The van der Waals surface area contributed by atoms with E-state index in [4.69, 9.17) is 9.47 Å². The molecule has 0 fully saturated rings. The summed E-state index contributed by atoms with van der Waals surface area (Å²) in [6, 6.07) is 15.3. The van der Waals surface area contributed by atoms with Gasteiger partial charge in [0.05, 0.1) is 20.0 Å². The molecule has 0 radical (unpaired) electrons. The molecule has 3 rings (SSSR count). The van der Waals surface area contributed by atoms with E-state index in [-0.39, 0.29) is 11.7 Å². The van der Waals surface area contributed by atoms with Gasteiger partial charge in [-0.15, -0.1) is 10.2 Å². The lowest BCUT2D eigenvalue weighted by molar-refractivity contribution is -0.127. The fraction of sp³-hybridized carbons (Fsp3) is 0.286. The van der Waals surface area contributed by atoms with E-state index in [0.29, 0.717) is 11.7 Å². The van der Waals surface area contributed by atoms with E-state index in [1.54, 1.807) is 26.2 Å². The Hall–Kier alpha value is -3.00. The average Bonchev–Trinajstić information content (AvgIpc) is 3.12. The summed E-state index contributed by atoms with van der Waals surface area (Å²) in [5.41, 5.74) is 1.91. The van der Waals surface area contributed by atoms with Crippen molar-refractivity contribution in [3.63, 3.8) is 0 Å². The van der Waals surface area contributed by atoms with Crippen molar-refractivity contribution < 1.29 is 14.3 Å². The summed E-state index contributed by atoms with van der Waals surface area (Å²) in [5.74, 6) is 2.59. The quantitative estimate of drug-likeness (QED) is 0.529. The second-order valence-corrected chi connectivity index (χ2v) is 7.39. The molecule has 3 aromatic rings. The number of carbonyl (C=O) groups is 1. The molecule has 2 aromatic carbocycles. The van der Waals surface area contributed by atoms with Crippen LogP contribution >= 0.6 is 11.8 Å². The Balaban J connectivity index is 1.62. The van der Waals surface area contributed by atoms with Crippen LogP contribution in [0.1, 0.15) is 5.56 Å². The van der Waals surface area contributed by atoms with Gasteiger partial charge in [0.25, 0.3) is 0 Å². The monoisotopic (exact) mass is 412 g/mol. The van der Waals surface area contributed by atoms with Crippen molar-refractivity contribution in [2.24, 2.45) is 7.05 Å². The molecule has 0 aliphatic heterocycles. The van der Waals surface area contributed by atoms with E-state index in [9.17, 15) is 4.79 Å². The molecule has 0 saturated heterocycles. The first-order valence-electron chi connectivity index (χ1n) is 9.06. The van der Waals surface area contributed by atoms with E-state index in [2.05, 4.69) is 10.2 Å². The molecule has 0 bridgehead atoms. The fourth-order valence-electron chi connectivity index (χ4n) is 2.85. The summed E-state index contributed by atoms with van der Waals surface area (Å²) in [4.78, 5) is 14.3. The Kier molecular flexibility index (Phi) is 6.77. The lowest BCUT2D eigenvalue weighted by atomic mass is 10.2. The summed E-state index contributed by atoms with van der Waals surface area (Å²) >= 11 is 1.37. The van der Waals surface area contributed by atoms with Crippen molar-refractivity contribution in [2.45, 2.75) is 11.7 Å². The van der Waals surface area contributed by atoms with Crippen LogP contribution in [0.5, 0.6) is 11.5 Å². The third-order valence-corrected chi connectivity index (χ3v) is 5.54. The summed E-state index contributed by atoms with van der Waals surface area (Å²) < 4.78 is 12.4. The van der Waals surface area contributed by atoms with Gasteiger partial charge in [0.2, 0.25) is 5.91 Å². The third-order valence-electron chi connectivity index (χ3n) is 4.53. The van der Waals surface area contributed by atoms with Crippen LogP contribution in [0.15, 0.2) is 53.7 Å². The highest BCUT2D eigenvalue weighted by Gasteiger charge is 2.16. The molecule has 1 amide bonds. The highest BCUT2D eigenvalue weighted by molar-refractivity contribution is 7.99. The molecule has 29 heavy (non-hydrogen) atoms. The van der Waals surface area contributed by atoms with Crippen LogP contribution in [-0.2, 0) is 18.4 Å². The largest absolute Gasteiger partial charge is 0.497 e. The maximum absolute atomic E-state index is 12.6. The molecular weight excluding hydrogens is 388 g/mol. The number of thioether (sulfide) groups is 1. The molecule has 152 valence electrons. The second-order valence-electron chi connectivity index (χ2n) is 6.44. The lowest BCUT2D eigenvalue weighted by Crippen LogP contribution is -2.28. The van der Waals surface area contributed by atoms with Crippen molar-refractivity contribution in [1.29, 1.82) is 0 Å². The van der Waals surface area contributed by atoms with E-state index >= 15 is 0 Å². The molecule has 0 unspecified atom stereocenters. The molecule has 0 aliphatic carbocycles. The predicted molar refractivity (Wildman–Crippen MR) is 113 cm³/mol. The van der Waals surface area contributed by atoms with Crippen LogP contribution in [0.25, 0.3) is 11.4 Å². The third kappa shape index (κ3) is 4.89. The van der Waals surface area contributed by atoms with Gasteiger partial charge in [0, 0.05) is 31.8 Å². The smallest absolute Gasteiger partial charge is 0.233 e. The zero-order valence-corrected chi connectivity index (χ0v) is 17.8. The van der Waals surface area contributed by atoms with E-state index in [0.717, 1.165) is 28.5 Å². The van der Waals surface area contributed by atoms with Crippen molar-refractivity contribution in [3.8, 4) is 22.9 Å². The highest BCUT2D eigenvalue weighted by atomic mass is 32.2. The number of aromatic nitrogens is 3. The summed E-state index contributed by atoms with van der Waals surface area (Å²) in [5, 5.41) is 9.19. The minimum atomic E-state index is 0.00917. The Morgan fingerprint density at radius 3 is 2.48 bits per heavy atom. The van der Waals surface area contributed by atoms with E-state index in [1.807, 2.05) is 60.1 Å². The minimum absolute atomic E-state index is 0.00917. The van der Waals surface area contributed by atoms with Gasteiger partial charge >= 0.3 is 0 Å². The number of hydrogen-bond acceptors (Lipinski definition) is 6. The van der Waals surface area contributed by atoms with E-state index in [1.165, 1.54) is 11.8 Å². The normalized spacial score (nSPS) is 10.6. The molecule has 0 saturated carbocycles. The summed E-state index contributed by atoms with van der Waals surface area (Å²) in [6.45, 7) is 0.485. The molecular formula is C21H24N4O3S. The second kappa shape index (κ2) is 9.47. The maximum Gasteiger partial charge on any atom is 0.233 e. The fourth-order valence-corrected chi connectivity index (χ4v) is 3.70. The van der Waals surface area contributed by atoms with Gasteiger partial charge in [-0.05, 0) is 30.3 Å². The Labute approximate surface area is 174 Å². The molecule has 1 aromatic heterocycles. The first kappa shape index (κ1) is 20.7. The summed E-state index contributed by atoms with van der Waals surface area (Å²) in [7, 11) is 6.94. The van der Waals surface area contributed by atoms with Gasteiger partial charge in [0.1, 0.15) is 11.5 Å². The van der Waals surface area contributed by atoms with Gasteiger partial charge in [0.15, 0.2) is 11.0 Å². The number of nitrogens with zero attached hydrogens (tertiary/aromatic N) is 4. The van der Waals surface area contributed by atoms with Gasteiger partial charge in [-0.1, -0.05) is 30.0 Å². The zero-order valence-electron chi connectivity index (χ0n) is 17.0. The van der Waals surface area contributed by atoms with Crippen molar-refractivity contribution in [3.05, 3.63) is 54.1 Å². The number of benzene rings is 2. The SMILES string of the molecule is COc1ccc(-c2nnc(SCC(=O)N(C)Cc3ccccc3OC)n2C)cc1. The maximum atomic E-state index is 12.6. The van der Waals surface area contributed by atoms with Crippen LogP contribution in [0.4, 0.5) is 0 Å². The molecule has 0 N–H and O–H groups in total. The number of para-hydroxylation sites is 1. The minimum Gasteiger partial charge on any atom is -0.497 e. The standard InChI is InChI=1S/C21H24N4O3S/c1-24(13-16-7-5-6-8-18(16)28-4)19(26)14-29-21-23-22-20(25(21)2)15-9-11-17(27-3)12-10-15/h5-12H,13-14H2,1-4H3. The Morgan fingerprint density at radius 2 is 1.79 bits per heavy atom. The molecule has 0 spiro atoms. The Morgan fingerprint density at radius 1 is 1.07 bits per heavy atom. The van der Waals surface area contributed by atoms with Crippen molar-refractivity contribution >= 4 is 17.7 Å². The molecule has 0 aliphatic rings.